The van der Waals surface area contributed by atoms with Crippen LogP contribution in [0.4, 0.5) is 10.1 Å². The van der Waals surface area contributed by atoms with E-state index in [1.54, 1.807) is 31.2 Å². The molecule has 0 aliphatic heterocycles. The molecule has 0 aromatic heterocycles. The molecule has 0 atom stereocenters. The predicted molar refractivity (Wildman–Crippen MR) is 73.2 cm³/mol. The van der Waals surface area contributed by atoms with E-state index in [-0.39, 0.29) is 17.2 Å². The van der Waals surface area contributed by atoms with Crippen molar-refractivity contribution < 1.29 is 13.9 Å². The van der Waals surface area contributed by atoms with Crippen molar-refractivity contribution in [1.82, 2.24) is 0 Å². The van der Waals surface area contributed by atoms with Gasteiger partial charge in [-0.25, -0.2) is 4.39 Å². The van der Waals surface area contributed by atoms with Gasteiger partial charge < -0.3 is 15.2 Å². The highest BCUT2D eigenvalue weighted by Gasteiger charge is 2.12. The second kappa shape index (κ2) is 5.93. The summed E-state index contributed by atoms with van der Waals surface area (Å²) in [7, 11) is 0. The first-order valence-corrected chi connectivity index (χ1v) is 6.04. The first-order chi connectivity index (χ1) is 9.65. The number of benzene rings is 2. The molecule has 0 saturated carbocycles. The van der Waals surface area contributed by atoms with Crippen molar-refractivity contribution in [3.05, 3.63) is 47.8 Å². The van der Waals surface area contributed by atoms with E-state index in [9.17, 15) is 4.39 Å². The summed E-state index contributed by atoms with van der Waals surface area (Å²) in [6.07, 6.45) is 0. The molecule has 0 unspecified atom stereocenters. The summed E-state index contributed by atoms with van der Waals surface area (Å²) in [5.74, 6) is 0.115. The van der Waals surface area contributed by atoms with Gasteiger partial charge in [0.15, 0.2) is 17.3 Å². The van der Waals surface area contributed by atoms with Gasteiger partial charge in [0.05, 0.1) is 17.9 Å². The van der Waals surface area contributed by atoms with Gasteiger partial charge in [-0.2, -0.15) is 5.26 Å². The highest BCUT2D eigenvalue weighted by molar-refractivity contribution is 5.58. The van der Waals surface area contributed by atoms with Crippen molar-refractivity contribution in [2.75, 3.05) is 12.3 Å². The third-order valence-electron chi connectivity index (χ3n) is 2.59. The van der Waals surface area contributed by atoms with Gasteiger partial charge in [-0.15, -0.1) is 0 Å². The van der Waals surface area contributed by atoms with Crippen LogP contribution in [0.25, 0.3) is 0 Å². The number of nitrogens with two attached hydrogens (primary N) is 1. The minimum absolute atomic E-state index is 0.0612. The summed E-state index contributed by atoms with van der Waals surface area (Å²) in [5, 5.41) is 9.00. The molecule has 0 heterocycles. The molecule has 0 aliphatic carbocycles. The molecule has 0 amide bonds. The molecule has 20 heavy (non-hydrogen) atoms. The number of hydrogen-bond donors (Lipinski definition) is 1. The number of ether oxygens (including phenoxy) is 2. The largest absolute Gasteiger partial charge is 0.491 e. The van der Waals surface area contributed by atoms with E-state index >= 15 is 0 Å². The number of para-hydroxylation sites is 1. The van der Waals surface area contributed by atoms with E-state index in [2.05, 4.69) is 0 Å². The molecule has 2 rings (SSSR count). The molecule has 0 radical (unpaired) electrons. The van der Waals surface area contributed by atoms with Gasteiger partial charge in [-0.05, 0) is 19.1 Å². The minimum atomic E-state index is -0.551. The Morgan fingerprint density at radius 3 is 2.65 bits per heavy atom. The van der Waals surface area contributed by atoms with Gasteiger partial charge in [0.2, 0.25) is 0 Å². The minimum Gasteiger partial charge on any atom is -0.491 e. The van der Waals surface area contributed by atoms with Crippen LogP contribution in [0.5, 0.6) is 17.2 Å². The van der Waals surface area contributed by atoms with Crippen LogP contribution in [0.1, 0.15) is 12.5 Å². The number of nitrogens with zero attached hydrogens (tertiary/aromatic N) is 1. The summed E-state index contributed by atoms with van der Waals surface area (Å²) < 4.78 is 24.3. The molecule has 5 heteroatoms. The Morgan fingerprint density at radius 2 is 1.95 bits per heavy atom. The van der Waals surface area contributed by atoms with E-state index in [0.29, 0.717) is 17.9 Å². The number of halogens is 1. The molecule has 0 aliphatic rings. The lowest BCUT2D eigenvalue weighted by molar-refractivity contribution is 0.319. The van der Waals surface area contributed by atoms with Crippen molar-refractivity contribution in [2.24, 2.45) is 0 Å². The van der Waals surface area contributed by atoms with E-state index in [1.807, 2.05) is 6.07 Å². The van der Waals surface area contributed by atoms with Gasteiger partial charge in [-0.3, -0.25) is 0 Å². The Balaban J connectivity index is 2.38. The average Bonchev–Trinajstić information content (AvgIpc) is 2.45. The van der Waals surface area contributed by atoms with Gasteiger partial charge in [-0.1, -0.05) is 12.1 Å². The lowest BCUT2D eigenvalue weighted by atomic mass is 10.2. The number of nitrogen functional groups attached to an aromatic ring is 1. The Hall–Kier alpha value is -2.74. The zero-order chi connectivity index (χ0) is 14.5. The Morgan fingerprint density at radius 1 is 1.20 bits per heavy atom. The molecule has 0 bridgehead atoms. The van der Waals surface area contributed by atoms with Crippen LogP contribution in [0.2, 0.25) is 0 Å². The summed E-state index contributed by atoms with van der Waals surface area (Å²) >= 11 is 0. The normalized spacial score (nSPS) is 9.85. The van der Waals surface area contributed by atoms with Crippen LogP contribution in [-0.2, 0) is 0 Å². The molecular formula is C15H13FN2O2. The van der Waals surface area contributed by atoms with E-state index in [4.69, 9.17) is 20.5 Å². The topological polar surface area (TPSA) is 68.3 Å². The summed E-state index contributed by atoms with van der Waals surface area (Å²) in [4.78, 5) is 0. The van der Waals surface area contributed by atoms with Gasteiger partial charge in [0.25, 0.3) is 0 Å². The molecule has 4 nitrogen and oxygen atoms in total. The molecule has 2 N–H and O–H groups in total. The molecule has 102 valence electrons. The number of hydrogen-bond acceptors (Lipinski definition) is 4. The van der Waals surface area contributed by atoms with Crippen molar-refractivity contribution >= 4 is 5.69 Å². The van der Waals surface area contributed by atoms with E-state index < -0.39 is 5.82 Å². The lowest BCUT2D eigenvalue weighted by Crippen LogP contribution is -1.99. The fourth-order valence-corrected chi connectivity index (χ4v) is 1.67. The van der Waals surface area contributed by atoms with Crippen molar-refractivity contribution in [2.45, 2.75) is 6.92 Å². The standard InChI is InChI=1S/C15H13FN2O2/c1-2-19-14-8-15(12(18)7-11(14)16)20-13-6-4-3-5-10(13)9-17/h3-8H,2,18H2,1H3. The zero-order valence-corrected chi connectivity index (χ0v) is 10.9. The molecule has 2 aromatic rings. The SMILES string of the molecule is CCOc1cc(Oc2ccccc2C#N)c(N)cc1F. The van der Waals surface area contributed by atoms with Crippen LogP contribution in [-0.4, -0.2) is 6.61 Å². The predicted octanol–water partition coefficient (Wildman–Crippen LogP) is 3.47. The maximum absolute atomic E-state index is 13.6. The fourth-order valence-electron chi connectivity index (χ4n) is 1.67. The lowest BCUT2D eigenvalue weighted by Gasteiger charge is -2.12. The van der Waals surface area contributed by atoms with Crippen LogP contribution < -0.4 is 15.2 Å². The average molecular weight is 272 g/mol. The second-order valence-corrected chi connectivity index (χ2v) is 3.96. The monoisotopic (exact) mass is 272 g/mol. The smallest absolute Gasteiger partial charge is 0.167 e. The molecule has 0 fully saturated rings. The van der Waals surface area contributed by atoms with E-state index in [1.165, 1.54) is 6.07 Å². The first kappa shape index (κ1) is 13.7. The number of rotatable bonds is 4. The molecule has 0 spiro atoms. The van der Waals surface area contributed by atoms with Crippen LogP contribution in [0.3, 0.4) is 0 Å². The third kappa shape index (κ3) is 2.81. The Labute approximate surface area is 116 Å². The third-order valence-corrected chi connectivity index (χ3v) is 2.59. The first-order valence-electron chi connectivity index (χ1n) is 6.04. The highest BCUT2D eigenvalue weighted by Crippen LogP contribution is 2.34. The molecular weight excluding hydrogens is 259 g/mol. The molecule has 2 aromatic carbocycles. The van der Waals surface area contributed by atoms with Crippen molar-refractivity contribution in [3.8, 4) is 23.3 Å². The number of anilines is 1. The zero-order valence-electron chi connectivity index (χ0n) is 10.9. The Kier molecular flexibility index (Phi) is 4.06. The molecule has 0 saturated heterocycles. The number of nitriles is 1. The van der Waals surface area contributed by atoms with Crippen LogP contribution in [0, 0.1) is 17.1 Å². The van der Waals surface area contributed by atoms with Gasteiger partial charge >= 0.3 is 0 Å². The van der Waals surface area contributed by atoms with Gasteiger partial charge in [0, 0.05) is 12.1 Å². The van der Waals surface area contributed by atoms with E-state index in [0.717, 1.165) is 6.07 Å². The summed E-state index contributed by atoms with van der Waals surface area (Å²) in [6.45, 7) is 2.08. The van der Waals surface area contributed by atoms with Crippen LogP contribution in [0.15, 0.2) is 36.4 Å². The highest BCUT2D eigenvalue weighted by atomic mass is 19.1. The van der Waals surface area contributed by atoms with Crippen molar-refractivity contribution in [3.63, 3.8) is 0 Å². The summed E-state index contributed by atoms with van der Waals surface area (Å²) in [6, 6.07) is 11.3. The second-order valence-electron chi connectivity index (χ2n) is 3.96. The maximum Gasteiger partial charge on any atom is 0.167 e. The Bertz CT molecular complexity index is 665. The quantitative estimate of drug-likeness (QED) is 0.865. The summed E-state index contributed by atoms with van der Waals surface area (Å²) in [5.41, 5.74) is 6.23. The fraction of sp³-hybridized carbons (Fsp3) is 0.133. The van der Waals surface area contributed by atoms with Crippen molar-refractivity contribution in [1.29, 1.82) is 5.26 Å². The maximum atomic E-state index is 13.6. The van der Waals surface area contributed by atoms with Crippen LogP contribution >= 0.6 is 0 Å². The van der Waals surface area contributed by atoms with Gasteiger partial charge in [0.1, 0.15) is 11.8 Å².